The summed E-state index contributed by atoms with van der Waals surface area (Å²) >= 11 is 0. The van der Waals surface area contributed by atoms with Gasteiger partial charge in [-0.2, -0.15) is 0 Å². The molecule has 4 nitrogen and oxygen atoms in total. The number of aromatic nitrogens is 2. The summed E-state index contributed by atoms with van der Waals surface area (Å²) in [5, 5.41) is 4.14. The molecule has 0 spiro atoms. The van der Waals surface area contributed by atoms with E-state index in [0.29, 0.717) is 5.82 Å². The van der Waals surface area contributed by atoms with E-state index in [1.807, 2.05) is 60.7 Å². The minimum atomic E-state index is 0.638. The van der Waals surface area contributed by atoms with Gasteiger partial charge in [-0.05, 0) is 53.1 Å². The van der Waals surface area contributed by atoms with E-state index >= 15 is 0 Å². The second-order valence-electron chi connectivity index (χ2n) is 12.5. The fourth-order valence-electron chi connectivity index (χ4n) is 7.26. The van der Waals surface area contributed by atoms with Gasteiger partial charge >= 0.3 is 0 Å². The Morgan fingerprint density at radius 3 is 1.68 bits per heavy atom. The highest BCUT2D eigenvalue weighted by Gasteiger charge is 2.22. The summed E-state index contributed by atoms with van der Waals surface area (Å²) in [4.78, 5) is 10.6. The van der Waals surface area contributed by atoms with Crippen LogP contribution in [0.3, 0.4) is 0 Å². The van der Waals surface area contributed by atoms with Gasteiger partial charge in [-0.1, -0.05) is 133 Å². The number of hydrogen-bond acceptors (Lipinski definition) is 4. The van der Waals surface area contributed by atoms with Crippen LogP contribution in [-0.4, -0.2) is 9.97 Å². The second kappa shape index (κ2) is 11.4. The smallest absolute Gasteiger partial charge is 0.161 e. The monoisotopic (exact) mass is 640 g/mol. The van der Waals surface area contributed by atoms with Crippen molar-refractivity contribution in [2.75, 3.05) is 0 Å². The summed E-state index contributed by atoms with van der Waals surface area (Å²) in [6.07, 6.45) is 0. The lowest BCUT2D eigenvalue weighted by atomic mass is 9.94. The third-order valence-electron chi connectivity index (χ3n) is 9.54. The minimum absolute atomic E-state index is 0.638. The first-order chi connectivity index (χ1) is 24.8. The average molecular weight is 641 g/mol. The van der Waals surface area contributed by atoms with Gasteiger partial charge in [-0.15, -0.1) is 0 Å². The summed E-state index contributed by atoms with van der Waals surface area (Å²) in [5.41, 5.74) is 12.3. The topological polar surface area (TPSA) is 52.1 Å². The zero-order valence-corrected chi connectivity index (χ0v) is 26.9. The number of para-hydroxylation sites is 2. The van der Waals surface area contributed by atoms with Gasteiger partial charge in [0.25, 0.3) is 0 Å². The minimum Gasteiger partial charge on any atom is -0.456 e. The van der Waals surface area contributed by atoms with Gasteiger partial charge in [-0.25, -0.2) is 9.97 Å². The van der Waals surface area contributed by atoms with Crippen molar-refractivity contribution in [1.29, 1.82) is 0 Å². The molecule has 0 atom stereocenters. The van der Waals surface area contributed by atoms with Crippen molar-refractivity contribution in [3.05, 3.63) is 170 Å². The maximum absolute atomic E-state index is 6.76. The largest absolute Gasteiger partial charge is 0.456 e. The van der Waals surface area contributed by atoms with Gasteiger partial charge in [0, 0.05) is 43.8 Å². The summed E-state index contributed by atoms with van der Waals surface area (Å²) < 4.78 is 13.0. The van der Waals surface area contributed by atoms with Gasteiger partial charge in [0.15, 0.2) is 5.82 Å². The fraction of sp³-hybridized carbons (Fsp3) is 0. The summed E-state index contributed by atoms with van der Waals surface area (Å²) in [5.74, 6) is 0.638. The van der Waals surface area contributed by atoms with E-state index < -0.39 is 0 Å². The average Bonchev–Trinajstić information content (AvgIpc) is 3.77. The highest BCUT2D eigenvalue weighted by Crippen LogP contribution is 2.45. The van der Waals surface area contributed by atoms with E-state index in [9.17, 15) is 0 Å². The number of furan rings is 2. The van der Waals surface area contributed by atoms with Gasteiger partial charge in [0.2, 0.25) is 0 Å². The first kappa shape index (κ1) is 28.3. The van der Waals surface area contributed by atoms with Gasteiger partial charge in [-0.3, -0.25) is 0 Å². The quantitative estimate of drug-likeness (QED) is 0.188. The van der Waals surface area contributed by atoms with Gasteiger partial charge in [0.1, 0.15) is 22.3 Å². The molecule has 0 aliphatic heterocycles. The van der Waals surface area contributed by atoms with Crippen molar-refractivity contribution in [2.45, 2.75) is 0 Å². The number of fused-ring (bicyclic) bond motifs is 6. The van der Waals surface area contributed by atoms with Crippen molar-refractivity contribution in [3.63, 3.8) is 0 Å². The predicted molar refractivity (Wildman–Crippen MR) is 204 cm³/mol. The molecule has 0 radical (unpaired) electrons. The van der Waals surface area contributed by atoms with Gasteiger partial charge in [0.05, 0.1) is 11.4 Å². The SMILES string of the molecule is c1ccc(-c2cc(-c3ccccc3-c3ccccc3)nc(-c3ccc(-c4cccc5oc6ccccc6c45)c4oc5ccccc5c34)n2)cc1. The van der Waals surface area contributed by atoms with E-state index in [1.54, 1.807) is 0 Å². The number of rotatable bonds is 5. The standard InChI is InChI=1S/C46H28N2O2/c1-3-14-29(15-4-1)31-18-7-8-19-32(31)39-28-38(30-16-5-2-6-17-30)47-46(48-39)37-27-26-34(45-44(37)36-21-10-12-24-41(36)50-45)33-22-13-25-42-43(33)35-20-9-11-23-40(35)49-42/h1-28H. The highest BCUT2D eigenvalue weighted by molar-refractivity contribution is 6.20. The molecule has 0 unspecified atom stereocenters. The van der Waals surface area contributed by atoms with Crippen molar-refractivity contribution in [2.24, 2.45) is 0 Å². The molecule has 0 aliphatic rings. The van der Waals surface area contributed by atoms with Crippen LogP contribution in [0.2, 0.25) is 0 Å². The molecule has 0 N–H and O–H groups in total. The van der Waals surface area contributed by atoms with E-state index in [2.05, 4.69) is 109 Å². The molecule has 0 saturated carbocycles. The zero-order valence-electron chi connectivity index (χ0n) is 26.9. The Morgan fingerprint density at radius 1 is 0.340 bits per heavy atom. The van der Waals surface area contributed by atoms with Crippen molar-refractivity contribution in [3.8, 4) is 56.2 Å². The third kappa shape index (κ3) is 4.54. The first-order valence-corrected chi connectivity index (χ1v) is 16.7. The number of hydrogen-bond donors (Lipinski definition) is 0. The molecule has 4 heteroatoms. The molecule has 7 aromatic carbocycles. The van der Waals surface area contributed by atoms with Crippen LogP contribution in [0.15, 0.2) is 179 Å². The summed E-state index contributed by atoms with van der Waals surface area (Å²) in [6.45, 7) is 0. The lowest BCUT2D eigenvalue weighted by Crippen LogP contribution is -1.97. The number of nitrogens with zero attached hydrogens (tertiary/aromatic N) is 2. The van der Waals surface area contributed by atoms with Crippen molar-refractivity contribution in [1.82, 2.24) is 9.97 Å². The first-order valence-electron chi connectivity index (χ1n) is 16.7. The fourth-order valence-corrected chi connectivity index (χ4v) is 7.26. The molecule has 3 aromatic heterocycles. The lowest BCUT2D eigenvalue weighted by molar-refractivity contribution is 0.668. The van der Waals surface area contributed by atoms with Crippen LogP contribution in [0.4, 0.5) is 0 Å². The molecule has 50 heavy (non-hydrogen) atoms. The molecule has 0 fully saturated rings. The Kier molecular flexibility index (Phi) is 6.46. The molecule has 0 aliphatic carbocycles. The maximum atomic E-state index is 6.76. The molecule has 0 bridgehead atoms. The van der Waals surface area contributed by atoms with E-state index in [-0.39, 0.29) is 0 Å². The highest BCUT2D eigenvalue weighted by atomic mass is 16.3. The molecular formula is C46H28N2O2. The van der Waals surface area contributed by atoms with Crippen LogP contribution in [0.5, 0.6) is 0 Å². The summed E-state index contributed by atoms with van der Waals surface area (Å²) in [7, 11) is 0. The third-order valence-corrected chi connectivity index (χ3v) is 9.54. The van der Waals surface area contributed by atoms with Crippen LogP contribution in [-0.2, 0) is 0 Å². The molecule has 10 rings (SSSR count). The Bertz CT molecular complexity index is 2870. The van der Waals surface area contributed by atoms with E-state index in [4.69, 9.17) is 18.8 Å². The molecule has 234 valence electrons. The van der Waals surface area contributed by atoms with Gasteiger partial charge < -0.3 is 8.83 Å². The molecule has 3 heterocycles. The van der Waals surface area contributed by atoms with Crippen molar-refractivity contribution < 1.29 is 8.83 Å². The van der Waals surface area contributed by atoms with E-state index in [0.717, 1.165) is 94.2 Å². The van der Waals surface area contributed by atoms with Crippen LogP contribution in [0.1, 0.15) is 0 Å². The van der Waals surface area contributed by atoms with Crippen LogP contribution < -0.4 is 0 Å². The zero-order chi connectivity index (χ0) is 33.0. The maximum Gasteiger partial charge on any atom is 0.161 e. The molecule has 0 amide bonds. The van der Waals surface area contributed by atoms with Crippen LogP contribution in [0.25, 0.3) is 100 Å². The second-order valence-corrected chi connectivity index (χ2v) is 12.5. The van der Waals surface area contributed by atoms with Crippen LogP contribution in [0, 0.1) is 0 Å². The molecular weight excluding hydrogens is 613 g/mol. The lowest BCUT2D eigenvalue weighted by Gasteiger charge is -2.14. The Labute approximate surface area is 287 Å². The van der Waals surface area contributed by atoms with Crippen LogP contribution >= 0.6 is 0 Å². The van der Waals surface area contributed by atoms with Crippen molar-refractivity contribution >= 4 is 43.9 Å². The molecule has 0 saturated heterocycles. The normalized spacial score (nSPS) is 11.6. The predicted octanol–water partition coefficient (Wildman–Crippen LogP) is 12.6. The van der Waals surface area contributed by atoms with E-state index in [1.165, 1.54) is 0 Å². The Morgan fingerprint density at radius 2 is 0.900 bits per heavy atom. The Hall–Kier alpha value is -6.78. The molecule has 10 aromatic rings. The Balaban J connectivity index is 1.26. The number of benzene rings is 7. The summed E-state index contributed by atoms with van der Waals surface area (Å²) in [6, 6.07) is 58.3.